The summed E-state index contributed by atoms with van der Waals surface area (Å²) < 4.78 is 20.2. The van der Waals surface area contributed by atoms with E-state index in [1.54, 1.807) is 36.4 Å². The number of nitrogens with two attached hydrogens (primary N) is 1. The zero-order valence-electron chi connectivity index (χ0n) is 20.4. The molecule has 0 bridgehead atoms. The van der Waals surface area contributed by atoms with Crippen LogP contribution < -0.4 is 21.3 Å². The van der Waals surface area contributed by atoms with Gasteiger partial charge >= 0.3 is 5.97 Å². The highest BCUT2D eigenvalue weighted by atomic mass is 19.1. The van der Waals surface area contributed by atoms with E-state index in [1.807, 2.05) is 12.1 Å². The number of nitrogen functional groups attached to an aromatic ring is 1. The van der Waals surface area contributed by atoms with Crippen molar-refractivity contribution in [3.8, 4) is 11.4 Å². The molecule has 0 saturated heterocycles. The monoisotopic (exact) mass is 515 g/mol. The lowest BCUT2D eigenvalue weighted by molar-refractivity contribution is -0.136. The predicted molar refractivity (Wildman–Crippen MR) is 143 cm³/mol. The van der Waals surface area contributed by atoms with Crippen molar-refractivity contribution < 1.29 is 23.8 Å². The molecule has 0 saturated carbocycles. The number of nitrogens with one attached hydrogen (secondary N) is 1. The van der Waals surface area contributed by atoms with Gasteiger partial charge in [0.1, 0.15) is 17.4 Å². The first-order chi connectivity index (χ1) is 18.3. The van der Waals surface area contributed by atoms with E-state index in [4.69, 9.17) is 15.6 Å². The number of nitrogens with zero attached hydrogens (tertiary/aromatic N) is 1. The van der Waals surface area contributed by atoms with Gasteiger partial charge in [-0.2, -0.15) is 0 Å². The Kier molecular flexibility index (Phi) is 8.17. The van der Waals surface area contributed by atoms with Crippen LogP contribution in [0.3, 0.4) is 0 Å². The number of aromatic nitrogens is 1. The molecule has 4 aromatic rings. The lowest BCUT2D eigenvalue weighted by Crippen LogP contribution is -2.23. The third kappa shape index (κ3) is 6.25. The quantitative estimate of drug-likeness (QED) is 0.201. The molecule has 4 N–H and O–H groups in total. The Morgan fingerprint density at radius 1 is 0.947 bits per heavy atom. The van der Waals surface area contributed by atoms with E-state index in [0.29, 0.717) is 31.0 Å². The molecule has 38 heavy (non-hydrogen) atoms. The number of ketones is 1. The maximum absolute atomic E-state index is 13.2. The van der Waals surface area contributed by atoms with Crippen LogP contribution in [0.2, 0.25) is 0 Å². The molecular weight excluding hydrogens is 489 g/mol. The lowest BCUT2D eigenvalue weighted by atomic mass is 10.0. The van der Waals surface area contributed by atoms with Crippen LogP contribution in [0.5, 0.6) is 5.75 Å². The van der Waals surface area contributed by atoms with Gasteiger partial charge in [-0.25, -0.2) is 4.39 Å². The van der Waals surface area contributed by atoms with Crippen molar-refractivity contribution in [3.05, 3.63) is 118 Å². The van der Waals surface area contributed by atoms with Crippen LogP contribution in [0.15, 0.2) is 89.7 Å². The second-order valence-corrected chi connectivity index (χ2v) is 8.49. The number of hydrogen-bond donors (Lipinski definition) is 3. The highest BCUT2D eigenvalue weighted by Gasteiger charge is 2.17. The number of pyridine rings is 1. The topological polar surface area (TPSA) is 124 Å². The number of para-hydroxylation sites is 1. The Labute approximate surface area is 218 Å². The molecule has 0 spiro atoms. The Morgan fingerprint density at radius 3 is 2.37 bits per heavy atom. The first-order valence-electron chi connectivity index (χ1n) is 11.9. The number of carbonyl (C=O) groups excluding carboxylic acids is 1. The molecule has 0 aliphatic carbocycles. The number of carbonyl (C=O) groups is 2. The first-order valence-corrected chi connectivity index (χ1v) is 11.9. The number of rotatable bonds is 11. The molecule has 0 amide bonds. The summed E-state index contributed by atoms with van der Waals surface area (Å²) in [6.07, 6.45) is 0.617. The number of carboxylic acid groups (broad SMARTS) is 1. The molecule has 0 aliphatic heterocycles. The molecule has 4 rings (SSSR count). The molecule has 1 heterocycles. The van der Waals surface area contributed by atoms with Gasteiger partial charge in [-0.05, 0) is 72.6 Å². The third-order valence-electron chi connectivity index (χ3n) is 5.84. The molecule has 1 aromatic heterocycles. The summed E-state index contributed by atoms with van der Waals surface area (Å²) in [5, 5.41) is 12.3. The standard InChI is InChI=1S/C29H26FN3O5/c30-21-8-6-19(7-9-21)28(37)24-14-15-26(34)33(29(24)31)22-10-12-23(13-11-22)38-17-3-16-32-25-5-2-1-4-20(25)18-27(35)36/h1-2,4-15,32H,3,16-18,31H2,(H,35,36). The Hall–Kier alpha value is -4.92. The summed E-state index contributed by atoms with van der Waals surface area (Å²) in [5.41, 5.74) is 8.17. The molecule has 194 valence electrons. The van der Waals surface area contributed by atoms with E-state index in [2.05, 4.69) is 5.32 Å². The van der Waals surface area contributed by atoms with E-state index in [0.717, 1.165) is 11.3 Å². The Bertz CT molecular complexity index is 1500. The van der Waals surface area contributed by atoms with Crippen molar-refractivity contribution in [1.29, 1.82) is 0 Å². The van der Waals surface area contributed by atoms with Gasteiger partial charge in [-0.1, -0.05) is 18.2 Å². The first kappa shape index (κ1) is 26.2. The second kappa shape index (κ2) is 11.9. The van der Waals surface area contributed by atoms with Gasteiger partial charge in [0.15, 0.2) is 5.78 Å². The van der Waals surface area contributed by atoms with E-state index in [-0.39, 0.29) is 23.4 Å². The molecule has 0 atom stereocenters. The predicted octanol–water partition coefficient (Wildman–Crippen LogP) is 4.30. The molecule has 0 radical (unpaired) electrons. The number of hydrogen-bond acceptors (Lipinski definition) is 6. The summed E-state index contributed by atoms with van der Waals surface area (Å²) in [7, 11) is 0. The maximum atomic E-state index is 13.2. The SMILES string of the molecule is Nc1c(C(=O)c2ccc(F)cc2)ccc(=O)n1-c1ccc(OCCCNc2ccccc2CC(=O)O)cc1. The van der Waals surface area contributed by atoms with Crippen LogP contribution in [-0.4, -0.2) is 34.6 Å². The minimum Gasteiger partial charge on any atom is -0.494 e. The van der Waals surface area contributed by atoms with Crippen LogP contribution in [-0.2, 0) is 11.2 Å². The lowest BCUT2D eigenvalue weighted by Gasteiger charge is -2.14. The summed E-state index contributed by atoms with van der Waals surface area (Å²) in [6, 6.07) is 21.7. The third-order valence-corrected chi connectivity index (χ3v) is 5.84. The minimum absolute atomic E-state index is 0.0188. The van der Waals surface area contributed by atoms with Gasteiger partial charge in [0.25, 0.3) is 5.56 Å². The maximum Gasteiger partial charge on any atom is 0.307 e. The van der Waals surface area contributed by atoms with Crippen LogP contribution in [0.25, 0.3) is 5.69 Å². The van der Waals surface area contributed by atoms with Gasteiger partial charge in [-0.3, -0.25) is 19.0 Å². The molecular formula is C29H26FN3O5. The Morgan fingerprint density at radius 2 is 1.66 bits per heavy atom. The number of benzene rings is 3. The summed E-state index contributed by atoms with van der Waals surface area (Å²) >= 11 is 0. The van der Waals surface area contributed by atoms with E-state index >= 15 is 0 Å². The van der Waals surface area contributed by atoms with Crippen LogP contribution in [0.1, 0.15) is 27.9 Å². The molecule has 0 fully saturated rings. The van der Waals surface area contributed by atoms with Gasteiger partial charge in [-0.15, -0.1) is 0 Å². The van der Waals surface area contributed by atoms with Crippen molar-refractivity contribution in [2.24, 2.45) is 0 Å². The van der Waals surface area contributed by atoms with Crippen molar-refractivity contribution in [3.63, 3.8) is 0 Å². The van der Waals surface area contributed by atoms with Gasteiger partial charge in [0, 0.05) is 23.9 Å². The minimum atomic E-state index is -0.888. The Balaban J connectivity index is 1.38. The fourth-order valence-electron chi connectivity index (χ4n) is 3.96. The fourth-order valence-corrected chi connectivity index (χ4v) is 3.96. The average Bonchev–Trinajstić information content (AvgIpc) is 2.90. The van der Waals surface area contributed by atoms with Gasteiger partial charge in [0.2, 0.25) is 0 Å². The van der Waals surface area contributed by atoms with Crippen molar-refractivity contribution >= 4 is 23.3 Å². The summed E-state index contributed by atoms with van der Waals surface area (Å²) in [6.45, 7) is 1.01. The van der Waals surface area contributed by atoms with E-state index < -0.39 is 23.1 Å². The second-order valence-electron chi connectivity index (χ2n) is 8.49. The molecule has 3 aromatic carbocycles. The fraction of sp³-hybridized carbons (Fsp3) is 0.138. The van der Waals surface area contributed by atoms with Crippen LogP contribution >= 0.6 is 0 Å². The highest BCUT2D eigenvalue weighted by Crippen LogP contribution is 2.21. The van der Waals surface area contributed by atoms with Crippen molar-refractivity contribution in [2.45, 2.75) is 12.8 Å². The molecule has 0 aliphatic rings. The number of anilines is 2. The normalized spacial score (nSPS) is 10.7. The van der Waals surface area contributed by atoms with E-state index in [9.17, 15) is 18.8 Å². The summed E-state index contributed by atoms with van der Waals surface area (Å²) in [4.78, 5) is 36.5. The zero-order valence-corrected chi connectivity index (χ0v) is 20.4. The number of carboxylic acids is 1. The molecule has 0 unspecified atom stereocenters. The number of halogens is 1. The average molecular weight is 516 g/mol. The highest BCUT2D eigenvalue weighted by molar-refractivity contribution is 6.11. The van der Waals surface area contributed by atoms with Crippen molar-refractivity contribution in [1.82, 2.24) is 4.57 Å². The van der Waals surface area contributed by atoms with Gasteiger partial charge in [0.05, 0.1) is 24.3 Å². The number of ether oxygens (including phenoxy) is 1. The van der Waals surface area contributed by atoms with Crippen molar-refractivity contribution in [2.75, 3.05) is 24.2 Å². The van der Waals surface area contributed by atoms with Gasteiger partial charge < -0.3 is 20.9 Å². The van der Waals surface area contributed by atoms with Crippen LogP contribution in [0.4, 0.5) is 15.9 Å². The zero-order chi connectivity index (χ0) is 27.1. The molecule has 8 nitrogen and oxygen atoms in total. The number of aliphatic carboxylic acids is 1. The summed E-state index contributed by atoms with van der Waals surface area (Å²) in [5.74, 6) is -1.20. The smallest absolute Gasteiger partial charge is 0.307 e. The van der Waals surface area contributed by atoms with E-state index in [1.165, 1.54) is 41.0 Å². The molecule has 9 heteroatoms. The largest absolute Gasteiger partial charge is 0.494 e. The van der Waals surface area contributed by atoms with Crippen LogP contribution in [0, 0.1) is 5.82 Å².